The van der Waals surface area contributed by atoms with Gasteiger partial charge in [-0.05, 0) is 29.5 Å². The van der Waals surface area contributed by atoms with E-state index in [0.29, 0.717) is 0 Å². The van der Waals surface area contributed by atoms with Gasteiger partial charge in [-0.25, -0.2) is 4.39 Å². The number of halogens is 1. The van der Waals surface area contributed by atoms with Crippen molar-refractivity contribution in [3.63, 3.8) is 0 Å². The van der Waals surface area contributed by atoms with Gasteiger partial charge in [0.05, 0.1) is 5.56 Å². The molecule has 2 N–H and O–H groups in total. The molecule has 0 bridgehead atoms. The van der Waals surface area contributed by atoms with Gasteiger partial charge in [-0.2, -0.15) is 5.26 Å². The van der Waals surface area contributed by atoms with Crippen LogP contribution in [0.2, 0.25) is 0 Å². The average Bonchev–Trinajstić information content (AvgIpc) is 2.68. The first kappa shape index (κ1) is 10.1. The molecule has 1 atom stereocenters. The van der Waals surface area contributed by atoms with E-state index in [9.17, 15) is 4.39 Å². The lowest BCUT2D eigenvalue weighted by atomic mass is 9.95. The summed E-state index contributed by atoms with van der Waals surface area (Å²) in [5.41, 5.74) is 6.75. The quantitative estimate of drug-likeness (QED) is 0.763. The Bertz CT molecular complexity index is 459. The zero-order valence-corrected chi connectivity index (χ0v) is 8.84. The first-order valence-electron chi connectivity index (χ1n) is 4.90. The smallest absolute Gasteiger partial charge is 0.140 e. The Morgan fingerprint density at radius 2 is 2.07 bits per heavy atom. The van der Waals surface area contributed by atoms with Crippen LogP contribution in [0.3, 0.4) is 0 Å². The maximum absolute atomic E-state index is 13.1. The number of benzene rings is 1. The first-order valence-corrected chi connectivity index (χ1v) is 4.90. The van der Waals surface area contributed by atoms with Crippen LogP contribution in [0.1, 0.15) is 31.4 Å². The number of hydrogen-bond acceptors (Lipinski definition) is 2. The lowest BCUT2D eigenvalue weighted by Crippen LogP contribution is -2.25. The molecule has 0 aromatic heterocycles. The van der Waals surface area contributed by atoms with Gasteiger partial charge in [-0.15, -0.1) is 0 Å². The topological polar surface area (TPSA) is 49.8 Å². The summed E-state index contributed by atoms with van der Waals surface area (Å²) in [7, 11) is 0. The molecular formula is C12H13FN2. The van der Waals surface area contributed by atoms with Crippen LogP contribution in [0, 0.1) is 22.6 Å². The Morgan fingerprint density at radius 3 is 2.53 bits per heavy atom. The third-order valence-electron chi connectivity index (χ3n) is 3.41. The van der Waals surface area contributed by atoms with Gasteiger partial charge < -0.3 is 5.73 Å². The molecule has 1 aliphatic carbocycles. The monoisotopic (exact) mass is 204 g/mol. The van der Waals surface area contributed by atoms with Crippen LogP contribution in [-0.2, 0) is 5.54 Å². The van der Waals surface area contributed by atoms with E-state index in [0.717, 1.165) is 12.0 Å². The zero-order chi connectivity index (χ0) is 11.3. The van der Waals surface area contributed by atoms with Crippen molar-refractivity contribution >= 4 is 0 Å². The molecule has 0 amide bonds. The Hall–Kier alpha value is -1.40. The molecule has 0 aliphatic heterocycles. The summed E-state index contributed by atoms with van der Waals surface area (Å²) in [6.07, 6.45) is 0.872. The molecule has 1 unspecified atom stereocenters. The van der Waals surface area contributed by atoms with E-state index in [-0.39, 0.29) is 11.0 Å². The molecule has 1 aromatic rings. The minimum Gasteiger partial charge on any atom is -0.321 e. The predicted molar refractivity (Wildman–Crippen MR) is 55.4 cm³/mol. The third kappa shape index (κ3) is 1.33. The van der Waals surface area contributed by atoms with Gasteiger partial charge in [0.2, 0.25) is 0 Å². The van der Waals surface area contributed by atoms with Gasteiger partial charge in [0.1, 0.15) is 11.9 Å². The summed E-state index contributed by atoms with van der Waals surface area (Å²) in [6, 6.07) is 6.38. The molecule has 0 saturated heterocycles. The van der Waals surface area contributed by atoms with Crippen LogP contribution < -0.4 is 5.73 Å². The highest BCUT2D eigenvalue weighted by molar-refractivity contribution is 5.42. The highest BCUT2D eigenvalue weighted by atomic mass is 19.1. The lowest BCUT2D eigenvalue weighted by Gasteiger charge is -2.15. The molecular weight excluding hydrogens is 191 g/mol. The Morgan fingerprint density at radius 1 is 1.47 bits per heavy atom. The molecule has 1 aromatic carbocycles. The third-order valence-corrected chi connectivity index (χ3v) is 3.41. The fourth-order valence-electron chi connectivity index (χ4n) is 2.03. The Labute approximate surface area is 88.5 Å². The summed E-state index contributed by atoms with van der Waals surface area (Å²) in [6.45, 7) is 4.14. The largest absolute Gasteiger partial charge is 0.321 e. The fourth-order valence-corrected chi connectivity index (χ4v) is 2.03. The van der Waals surface area contributed by atoms with Crippen LogP contribution >= 0.6 is 0 Å². The molecule has 1 aliphatic rings. The summed E-state index contributed by atoms with van der Waals surface area (Å²) in [5.74, 6) is -0.483. The van der Waals surface area contributed by atoms with Crippen LogP contribution in [0.25, 0.3) is 0 Å². The maximum Gasteiger partial charge on any atom is 0.140 e. The average molecular weight is 204 g/mol. The normalized spacial score (nSPS) is 27.1. The fraction of sp³-hybridized carbons (Fsp3) is 0.417. The van der Waals surface area contributed by atoms with E-state index in [2.05, 4.69) is 13.8 Å². The molecule has 1 saturated carbocycles. The second kappa shape index (κ2) is 2.80. The van der Waals surface area contributed by atoms with Gasteiger partial charge in [-0.3, -0.25) is 0 Å². The highest BCUT2D eigenvalue weighted by Crippen LogP contribution is 2.60. The Balaban J connectivity index is 2.45. The summed E-state index contributed by atoms with van der Waals surface area (Å²) >= 11 is 0. The van der Waals surface area contributed by atoms with E-state index in [1.807, 2.05) is 6.07 Å². The molecule has 0 radical (unpaired) electrons. The van der Waals surface area contributed by atoms with Gasteiger partial charge in [0.25, 0.3) is 0 Å². The summed E-state index contributed by atoms with van der Waals surface area (Å²) in [4.78, 5) is 0. The summed E-state index contributed by atoms with van der Waals surface area (Å²) in [5, 5.41) is 8.73. The van der Waals surface area contributed by atoms with Crippen molar-refractivity contribution in [2.45, 2.75) is 25.8 Å². The SMILES string of the molecule is CC1(C)CC1(N)c1ccc(F)c(C#N)c1. The lowest BCUT2D eigenvalue weighted by molar-refractivity contribution is 0.508. The molecule has 78 valence electrons. The van der Waals surface area contributed by atoms with Crippen molar-refractivity contribution < 1.29 is 4.39 Å². The number of nitrogens with two attached hydrogens (primary N) is 1. The van der Waals surface area contributed by atoms with Crippen LogP contribution in [0.4, 0.5) is 4.39 Å². The van der Waals surface area contributed by atoms with Gasteiger partial charge in [0.15, 0.2) is 0 Å². The van der Waals surface area contributed by atoms with Crippen molar-refractivity contribution in [1.82, 2.24) is 0 Å². The minimum absolute atomic E-state index is 0.0392. The van der Waals surface area contributed by atoms with Crippen LogP contribution in [-0.4, -0.2) is 0 Å². The molecule has 2 nitrogen and oxygen atoms in total. The van der Waals surface area contributed by atoms with Crippen molar-refractivity contribution in [3.8, 4) is 6.07 Å². The second-order valence-electron chi connectivity index (χ2n) is 4.84. The maximum atomic E-state index is 13.1. The predicted octanol–water partition coefficient (Wildman–Crippen LogP) is 2.28. The molecule has 2 rings (SSSR count). The molecule has 0 heterocycles. The van der Waals surface area contributed by atoms with Gasteiger partial charge in [0, 0.05) is 5.54 Å². The van der Waals surface area contributed by atoms with Gasteiger partial charge in [-0.1, -0.05) is 19.9 Å². The molecule has 3 heteroatoms. The summed E-state index contributed by atoms with van der Waals surface area (Å²) < 4.78 is 13.1. The van der Waals surface area contributed by atoms with Crippen LogP contribution in [0.5, 0.6) is 0 Å². The minimum atomic E-state index is -0.483. The Kier molecular flexibility index (Phi) is 1.89. The van der Waals surface area contributed by atoms with Crippen molar-refractivity contribution in [2.24, 2.45) is 11.1 Å². The first-order chi connectivity index (χ1) is 6.90. The van der Waals surface area contributed by atoms with Crippen molar-refractivity contribution in [1.29, 1.82) is 5.26 Å². The van der Waals surface area contributed by atoms with E-state index >= 15 is 0 Å². The number of hydrogen-bond donors (Lipinski definition) is 1. The van der Waals surface area contributed by atoms with E-state index in [1.54, 1.807) is 12.1 Å². The van der Waals surface area contributed by atoms with Crippen molar-refractivity contribution in [2.75, 3.05) is 0 Å². The number of nitriles is 1. The molecule has 0 spiro atoms. The van der Waals surface area contributed by atoms with E-state index in [1.165, 1.54) is 6.07 Å². The molecule has 15 heavy (non-hydrogen) atoms. The zero-order valence-electron chi connectivity index (χ0n) is 8.84. The second-order valence-corrected chi connectivity index (χ2v) is 4.84. The van der Waals surface area contributed by atoms with Crippen molar-refractivity contribution in [3.05, 3.63) is 35.1 Å². The number of rotatable bonds is 1. The van der Waals surface area contributed by atoms with Gasteiger partial charge >= 0.3 is 0 Å². The van der Waals surface area contributed by atoms with E-state index < -0.39 is 11.4 Å². The highest BCUT2D eigenvalue weighted by Gasteiger charge is 2.59. The molecule has 1 fully saturated rings. The van der Waals surface area contributed by atoms with Crippen LogP contribution in [0.15, 0.2) is 18.2 Å². The standard InChI is InChI=1S/C12H13FN2/c1-11(2)7-12(11,15)9-3-4-10(13)8(5-9)6-14/h3-5H,7,15H2,1-2H3. The number of nitrogens with zero attached hydrogens (tertiary/aromatic N) is 1. The van der Waals surface area contributed by atoms with E-state index in [4.69, 9.17) is 11.0 Å².